The number of aromatic nitrogens is 2. The minimum absolute atomic E-state index is 0.102. The molecule has 1 aromatic carbocycles. The van der Waals surface area contributed by atoms with Crippen molar-refractivity contribution in [3.05, 3.63) is 51.6 Å². The first kappa shape index (κ1) is 20.8. The van der Waals surface area contributed by atoms with Crippen LogP contribution in [0.1, 0.15) is 32.1 Å². The van der Waals surface area contributed by atoms with Crippen molar-refractivity contribution < 1.29 is 23.5 Å². The highest BCUT2D eigenvalue weighted by atomic mass is 35.5. The van der Waals surface area contributed by atoms with Gasteiger partial charge in [-0.25, -0.2) is 4.39 Å². The normalized spacial score (nSPS) is 16.3. The van der Waals surface area contributed by atoms with Crippen molar-refractivity contribution in [1.29, 1.82) is 0 Å². The Balaban J connectivity index is 1.45. The van der Waals surface area contributed by atoms with E-state index < -0.39 is 5.82 Å². The summed E-state index contributed by atoms with van der Waals surface area (Å²) in [6.07, 6.45) is 0.653. The van der Waals surface area contributed by atoms with Crippen LogP contribution in [0.4, 0.5) is 4.39 Å². The molecule has 4 rings (SSSR count). The van der Waals surface area contributed by atoms with Gasteiger partial charge in [0.1, 0.15) is 5.82 Å². The van der Waals surface area contributed by atoms with Crippen LogP contribution in [-0.2, 0) is 29.0 Å². The van der Waals surface area contributed by atoms with Gasteiger partial charge in [0.05, 0.1) is 38.0 Å². The Morgan fingerprint density at radius 3 is 2.77 bits per heavy atom. The number of hydrogen-bond acceptors (Lipinski definition) is 5. The summed E-state index contributed by atoms with van der Waals surface area (Å²) in [6, 6.07) is 3.83. The van der Waals surface area contributed by atoms with Crippen LogP contribution in [0.15, 0.2) is 18.2 Å². The smallest absolute Gasteiger partial charge is 0.274 e. The molecule has 2 aromatic rings. The molecule has 160 valence electrons. The summed E-state index contributed by atoms with van der Waals surface area (Å²) >= 11 is 5.74. The number of rotatable bonds is 5. The second-order valence-corrected chi connectivity index (χ2v) is 7.50. The van der Waals surface area contributed by atoms with E-state index in [4.69, 9.17) is 21.1 Å². The van der Waals surface area contributed by atoms with Gasteiger partial charge in [0.25, 0.3) is 11.8 Å². The molecule has 2 aliphatic heterocycles. The molecule has 10 heteroatoms. The van der Waals surface area contributed by atoms with E-state index in [2.05, 4.69) is 10.4 Å². The van der Waals surface area contributed by atoms with E-state index in [-0.39, 0.29) is 22.4 Å². The van der Waals surface area contributed by atoms with E-state index in [1.165, 1.54) is 12.1 Å². The summed E-state index contributed by atoms with van der Waals surface area (Å²) in [5.41, 5.74) is 2.45. The maximum absolute atomic E-state index is 13.3. The summed E-state index contributed by atoms with van der Waals surface area (Å²) in [5.74, 6) is -1.05. The average molecular weight is 437 g/mol. The Morgan fingerprint density at radius 1 is 1.20 bits per heavy atom. The topological polar surface area (TPSA) is 85.7 Å². The van der Waals surface area contributed by atoms with Crippen LogP contribution in [-0.4, -0.2) is 65.9 Å². The standard InChI is InChI=1S/C20H22ClFN4O4/c21-15-11-13(1-2-16(15)22)19(27)23-4-5-26-17-3-8-30-12-14(17)18(24-26)20(28)25-6-9-29-10-7-25/h1-2,11H,3-10,12H2,(H,23,27). The summed E-state index contributed by atoms with van der Waals surface area (Å²) in [4.78, 5) is 27.0. The third-order valence-electron chi connectivity index (χ3n) is 5.19. The first-order valence-corrected chi connectivity index (χ1v) is 10.2. The van der Waals surface area contributed by atoms with Gasteiger partial charge in [-0.15, -0.1) is 0 Å². The second kappa shape index (κ2) is 9.11. The molecule has 0 unspecified atom stereocenters. The number of carbonyl (C=O) groups excluding carboxylic acids is 2. The molecule has 2 aliphatic rings. The molecule has 1 aromatic heterocycles. The highest BCUT2D eigenvalue weighted by Gasteiger charge is 2.29. The van der Waals surface area contributed by atoms with Crippen molar-refractivity contribution in [1.82, 2.24) is 20.0 Å². The number of benzene rings is 1. The van der Waals surface area contributed by atoms with Crippen LogP contribution in [0, 0.1) is 5.82 Å². The van der Waals surface area contributed by atoms with Gasteiger partial charge in [-0.1, -0.05) is 11.6 Å². The van der Waals surface area contributed by atoms with E-state index in [9.17, 15) is 14.0 Å². The first-order valence-electron chi connectivity index (χ1n) is 9.81. The Bertz CT molecular complexity index is 959. The molecule has 0 saturated carbocycles. The highest BCUT2D eigenvalue weighted by molar-refractivity contribution is 6.31. The molecular formula is C20H22ClFN4O4. The number of hydrogen-bond donors (Lipinski definition) is 1. The molecule has 0 spiro atoms. The predicted molar refractivity (Wildman–Crippen MR) is 106 cm³/mol. The molecule has 0 radical (unpaired) electrons. The average Bonchev–Trinajstić information content (AvgIpc) is 3.14. The van der Waals surface area contributed by atoms with Gasteiger partial charge < -0.3 is 19.7 Å². The molecule has 8 nitrogen and oxygen atoms in total. The number of fused-ring (bicyclic) bond motifs is 1. The minimum atomic E-state index is -0.573. The zero-order valence-electron chi connectivity index (χ0n) is 16.3. The van der Waals surface area contributed by atoms with Gasteiger partial charge >= 0.3 is 0 Å². The van der Waals surface area contributed by atoms with Crippen LogP contribution in [0.2, 0.25) is 5.02 Å². The van der Waals surface area contributed by atoms with Crippen molar-refractivity contribution in [3.8, 4) is 0 Å². The zero-order valence-corrected chi connectivity index (χ0v) is 17.1. The van der Waals surface area contributed by atoms with Crippen molar-refractivity contribution >= 4 is 23.4 Å². The lowest BCUT2D eigenvalue weighted by Gasteiger charge is -2.26. The Labute approximate surface area is 177 Å². The number of nitrogens with zero attached hydrogens (tertiary/aromatic N) is 3. The molecule has 30 heavy (non-hydrogen) atoms. The van der Waals surface area contributed by atoms with Crippen LogP contribution < -0.4 is 5.32 Å². The molecule has 1 saturated heterocycles. The molecule has 2 amide bonds. The Morgan fingerprint density at radius 2 is 2.00 bits per heavy atom. The first-order chi connectivity index (χ1) is 14.5. The van der Waals surface area contributed by atoms with Gasteiger partial charge in [-0.05, 0) is 18.2 Å². The van der Waals surface area contributed by atoms with Crippen LogP contribution in [0.5, 0.6) is 0 Å². The van der Waals surface area contributed by atoms with Crippen molar-refractivity contribution in [2.24, 2.45) is 0 Å². The molecular weight excluding hydrogens is 415 g/mol. The van der Waals surface area contributed by atoms with E-state index >= 15 is 0 Å². The van der Waals surface area contributed by atoms with Crippen molar-refractivity contribution in [2.45, 2.75) is 19.6 Å². The number of morpholine rings is 1. The van der Waals surface area contributed by atoms with Gasteiger partial charge in [0, 0.05) is 42.9 Å². The molecule has 1 fully saturated rings. The monoisotopic (exact) mass is 436 g/mol. The quantitative estimate of drug-likeness (QED) is 0.770. The third-order valence-corrected chi connectivity index (χ3v) is 5.48. The number of ether oxygens (including phenoxy) is 2. The van der Waals surface area contributed by atoms with Gasteiger partial charge in [-0.3, -0.25) is 14.3 Å². The van der Waals surface area contributed by atoms with Crippen molar-refractivity contribution in [2.75, 3.05) is 39.5 Å². The van der Waals surface area contributed by atoms with E-state index in [1.54, 1.807) is 9.58 Å². The van der Waals surface area contributed by atoms with Crippen LogP contribution in [0.3, 0.4) is 0 Å². The maximum atomic E-state index is 13.3. The van der Waals surface area contributed by atoms with Crippen molar-refractivity contribution in [3.63, 3.8) is 0 Å². The fourth-order valence-electron chi connectivity index (χ4n) is 3.60. The zero-order chi connectivity index (χ0) is 21.1. The highest BCUT2D eigenvalue weighted by Crippen LogP contribution is 2.22. The lowest BCUT2D eigenvalue weighted by molar-refractivity contribution is 0.0294. The molecule has 0 bridgehead atoms. The molecule has 1 N–H and O–H groups in total. The lowest BCUT2D eigenvalue weighted by Crippen LogP contribution is -2.41. The van der Waals surface area contributed by atoms with Gasteiger partial charge in [0.15, 0.2) is 5.69 Å². The second-order valence-electron chi connectivity index (χ2n) is 7.09. The van der Waals surface area contributed by atoms with E-state index in [0.717, 1.165) is 17.3 Å². The summed E-state index contributed by atoms with van der Waals surface area (Å²) in [7, 11) is 0. The van der Waals surface area contributed by atoms with E-state index in [1.807, 2.05) is 0 Å². The summed E-state index contributed by atoms with van der Waals surface area (Å²) in [6.45, 7) is 3.73. The lowest BCUT2D eigenvalue weighted by atomic mass is 10.1. The number of carbonyl (C=O) groups is 2. The fourth-order valence-corrected chi connectivity index (χ4v) is 3.78. The molecule has 0 atom stereocenters. The SMILES string of the molecule is O=C(NCCn1nc(C(=O)N2CCOCC2)c2c1CCOC2)c1ccc(F)c(Cl)c1. The number of amides is 2. The Hall–Kier alpha value is -2.49. The maximum Gasteiger partial charge on any atom is 0.274 e. The minimum Gasteiger partial charge on any atom is -0.378 e. The van der Waals surface area contributed by atoms with Gasteiger partial charge in [-0.2, -0.15) is 5.10 Å². The van der Waals surface area contributed by atoms with E-state index in [0.29, 0.717) is 64.7 Å². The number of nitrogens with one attached hydrogen (secondary N) is 1. The fraction of sp³-hybridized carbons (Fsp3) is 0.450. The summed E-state index contributed by atoms with van der Waals surface area (Å²) < 4.78 is 25.9. The summed E-state index contributed by atoms with van der Waals surface area (Å²) in [5, 5.41) is 7.22. The predicted octanol–water partition coefficient (Wildman–Crippen LogP) is 1.65. The van der Waals surface area contributed by atoms with Gasteiger partial charge in [0.2, 0.25) is 0 Å². The number of halogens is 2. The third kappa shape index (κ3) is 4.33. The molecule has 0 aliphatic carbocycles. The van der Waals surface area contributed by atoms with Crippen LogP contribution >= 0.6 is 11.6 Å². The molecule has 3 heterocycles. The van der Waals surface area contributed by atoms with Crippen LogP contribution in [0.25, 0.3) is 0 Å². The largest absolute Gasteiger partial charge is 0.378 e. The Kier molecular flexibility index (Phi) is 6.31.